The standard InChI is InChI=1S/C20H29N7O11P2S/c21-20-25-17-14(18(29)26-20)24-8-27(17)19-16-15(28)12(36-19)6-34-40(32,41)37-11-4-10(35-13-1-2-22-7-23-13)3-9(11)5-33-39(30,31)38-16/h1-2,7-12,14-17,19-20,25,28H,3-6,21H2,(H,26,29)(H,30,31)(H,32,41)/t9-,10-,11+,12-,14?,15-,16-,17?,19-,20?,40?/m1/s1. The minimum Gasteiger partial charge on any atom is -0.474 e. The van der Waals surface area contributed by atoms with Gasteiger partial charge in [-0.1, -0.05) is 0 Å². The molecule has 6 rings (SSSR count). The number of fused-ring (bicyclic) bond motifs is 4. The fraction of sp³-hybridized carbons (Fsp3) is 0.700. The van der Waals surface area contributed by atoms with Gasteiger partial charge >= 0.3 is 14.5 Å². The number of hydrogen-bond acceptors (Lipinski definition) is 16. The second kappa shape index (κ2) is 11.4. The first-order chi connectivity index (χ1) is 19.5. The number of phosphoric ester groups is 1. The van der Waals surface area contributed by atoms with E-state index in [1.807, 2.05) is 0 Å². The van der Waals surface area contributed by atoms with Crippen LogP contribution >= 0.6 is 14.5 Å². The van der Waals surface area contributed by atoms with Gasteiger partial charge in [-0.3, -0.25) is 29.9 Å². The Hall–Kier alpha value is -1.70. The van der Waals surface area contributed by atoms with Gasteiger partial charge in [-0.15, -0.1) is 0 Å². The topological polar surface area (TPSA) is 242 Å². The van der Waals surface area contributed by atoms with Crippen molar-refractivity contribution in [1.82, 2.24) is 25.5 Å². The average Bonchev–Trinajstić information content (AvgIpc) is 3.57. The Bertz CT molecular complexity index is 1270. The summed E-state index contributed by atoms with van der Waals surface area (Å²) in [5.41, 5.74) is 5.85. The summed E-state index contributed by atoms with van der Waals surface area (Å²) in [7, 11) is -4.81. The molecule has 12 atom stereocenters. The fourth-order valence-corrected chi connectivity index (χ4v) is 7.94. The maximum Gasteiger partial charge on any atom is 0.472 e. The molecule has 4 aliphatic heterocycles. The number of nitrogens with zero attached hydrogens (tertiary/aromatic N) is 4. The normalized spacial score (nSPS) is 46.5. The number of aromatic nitrogens is 2. The van der Waals surface area contributed by atoms with E-state index >= 15 is 0 Å². The number of nitrogens with one attached hydrogen (secondary N) is 2. The van der Waals surface area contributed by atoms with Gasteiger partial charge in [-0.25, -0.2) is 14.5 Å². The molecule has 1 amide bonds. The highest BCUT2D eigenvalue weighted by Gasteiger charge is 2.55. The van der Waals surface area contributed by atoms with E-state index in [4.69, 9.17) is 45.1 Å². The van der Waals surface area contributed by atoms with Crippen LogP contribution in [0.5, 0.6) is 5.88 Å². The summed E-state index contributed by atoms with van der Waals surface area (Å²) in [5, 5.41) is 16.5. The van der Waals surface area contributed by atoms with E-state index in [2.05, 4.69) is 25.6 Å². The lowest BCUT2D eigenvalue weighted by Crippen LogP contribution is -2.70. The third-order valence-electron chi connectivity index (χ3n) is 7.31. The molecule has 1 aliphatic carbocycles. The van der Waals surface area contributed by atoms with Gasteiger partial charge in [0.1, 0.15) is 43.2 Å². The smallest absolute Gasteiger partial charge is 0.472 e. The second-order valence-corrected chi connectivity index (χ2v) is 14.3. The van der Waals surface area contributed by atoms with Gasteiger partial charge in [-0.05, 0) is 18.2 Å². The SMILES string of the molecule is NC1NC(=O)C2N=CN([C@@H]3O[C@@H]4COP(O)(=S)O[C@H]5C[C@H](Oc6ccncn6)C[C@@H]5COP(=O)(O)O[C@@H]3[C@@H]4O)C2N1. The molecule has 2 bridgehead atoms. The van der Waals surface area contributed by atoms with E-state index in [-0.39, 0.29) is 13.0 Å². The number of amides is 1. The van der Waals surface area contributed by atoms with Gasteiger partial charge in [0, 0.05) is 24.6 Å². The van der Waals surface area contributed by atoms with Gasteiger partial charge in [0.15, 0.2) is 12.3 Å². The molecule has 1 aromatic rings. The molecule has 5 aliphatic rings. The first kappa shape index (κ1) is 29.4. The van der Waals surface area contributed by atoms with Crippen LogP contribution in [0.3, 0.4) is 0 Å². The lowest BCUT2D eigenvalue weighted by Gasteiger charge is -2.39. The number of ether oxygens (including phenoxy) is 2. The molecule has 18 nitrogen and oxygen atoms in total. The molecule has 21 heteroatoms. The number of nitrogens with two attached hydrogens (primary N) is 1. The van der Waals surface area contributed by atoms with E-state index in [9.17, 15) is 24.3 Å². The second-order valence-electron chi connectivity index (χ2n) is 10.1. The summed E-state index contributed by atoms with van der Waals surface area (Å²) in [5.74, 6) is -0.667. The van der Waals surface area contributed by atoms with Gasteiger partial charge in [0.25, 0.3) is 5.91 Å². The van der Waals surface area contributed by atoms with Crippen LogP contribution in [-0.2, 0) is 44.0 Å². The molecule has 1 aromatic heterocycles. The molecule has 4 fully saturated rings. The molecule has 5 unspecified atom stereocenters. The Labute approximate surface area is 238 Å². The molecule has 41 heavy (non-hydrogen) atoms. The quantitative estimate of drug-likeness (QED) is 0.194. The minimum absolute atomic E-state index is 0.254. The Morgan fingerprint density at radius 2 is 2.02 bits per heavy atom. The molecular formula is C20H29N7O11P2S. The predicted molar refractivity (Wildman–Crippen MR) is 139 cm³/mol. The number of aliphatic imine (C=N–C) groups is 1. The summed E-state index contributed by atoms with van der Waals surface area (Å²) in [6, 6.07) is 0.678. The molecule has 5 heterocycles. The van der Waals surface area contributed by atoms with Gasteiger partial charge in [0.2, 0.25) is 5.88 Å². The first-order valence-corrected chi connectivity index (χ1v) is 16.8. The first-order valence-electron chi connectivity index (χ1n) is 12.7. The van der Waals surface area contributed by atoms with Crippen LogP contribution in [0.2, 0.25) is 0 Å². The summed E-state index contributed by atoms with van der Waals surface area (Å²) in [6.07, 6.45) is -3.62. The van der Waals surface area contributed by atoms with Crippen molar-refractivity contribution in [3.63, 3.8) is 0 Å². The molecule has 0 spiro atoms. The number of rotatable bonds is 3. The van der Waals surface area contributed by atoms with Crippen LogP contribution in [0.25, 0.3) is 0 Å². The summed E-state index contributed by atoms with van der Waals surface area (Å²) < 4.78 is 47.1. The Balaban J connectivity index is 1.22. The maximum absolute atomic E-state index is 13.1. The van der Waals surface area contributed by atoms with Crippen molar-refractivity contribution < 1.29 is 51.8 Å². The number of hydrogen-bond donors (Lipinski definition) is 6. The van der Waals surface area contributed by atoms with Crippen LogP contribution in [0.1, 0.15) is 12.8 Å². The van der Waals surface area contributed by atoms with E-state index in [1.165, 1.54) is 23.8 Å². The summed E-state index contributed by atoms with van der Waals surface area (Å²) in [4.78, 5) is 47.4. The highest BCUT2D eigenvalue weighted by molar-refractivity contribution is 8.07. The zero-order valence-electron chi connectivity index (χ0n) is 21.2. The Kier molecular flexibility index (Phi) is 8.18. The summed E-state index contributed by atoms with van der Waals surface area (Å²) >= 11 is 5.24. The highest BCUT2D eigenvalue weighted by atomic mass is 32.5. The molecular weight excluding hydrogens is 608 g/mol. The maximum atomic E-state index is 13.1. The highest BCUT2D eigenvalue weighted by Crippen LogP contribution is 2.53. The number of phosphoric acid groups is 1. The lowest BCUT2D eigenvalue weighted by molar-refractivity contribution is -0.130. The van der Waals surface area contributed by atoms with E-state index in [1.54, 1.807) is 6.07 Å². The molecule has 226 valence electrons. The Morgan fingerprint density at radius 3 is 2.80 bits per heavy atom. The number of carbonyl (C=O) groups is 1. The van der Waals surface area contributed by atoms with Crippen molar-refractivity contribution in [2.45, 2.75) is 68.1 Å². The monoisotopic (exact) mass is 637 g/mol. The van der Waals surface area contributed by atoms with Crippen molar-refractivity contribution in [2.24, 2.45) is 16.6 Å². The van der Waals surface area contributed by atoms with Crippen LogP contribution < -0.4 is 21.1 Å². The van der Waals surface area contributed by atoms with Crippen molar-refractivity contribution in [3.8, 4) is 5.88 Å². The molecule has 1 saturated carbocycles. The van der Waals surface area contributed by atoms with E-state index in [0.717, 1.165) is 0 Å². The van der Waals surface area contributed by atoms with Crippen LogP contribution in [0.4, 0.5) is 0 Å². The number of aliphatic hydroxyl groups is 1. The number of carbonyl (C=O) groups excluding carboxylic acids is 1. The van der Waals surface area contributed by atoms with Gasteiger partial charge in [-0.2, -0.15) is 0 Å². The van der Waals surface area contributed by atoms with E-state index in [0.29, 0.717) is 12.3 Å². The largest absolute Gasteiger partial charge is 0.474 e. The molecule has 7 N–H and O–H groups in total. The minimum atomic E-state index is -4.81. The number of aliphatic hydroxyl groups excluding tert-OH is 1. The van der Waals surface area contributed by atoms with Gasteiger partial charge < -0.3 is 43.6 Å². The van der Waals surface area contributed by atoms with Crippen molar-refractivity contribution >= 4 is 38.6 Å². The van der Waals surface area contributed by atoms with Crippen molar-refractivity contribution in [1.29, 1.82) is 0 Å². The molecule has 0 aromatic carbocycles. The fourth-order valence-electron chi connectivity index (χ4n) is 5.45. The van der Waals surface area contributed by atoms with Crippen molar-refractivity contribution in [3.05, 3.63) is 18.6 Å². The van der Waals surface area contributed by atoms with E-state index < -0.39 is 88.2 Å². The zero-order chi connectivity index (χ0) is 28.9. The lowest BCUT2D eigenvalue weighted by atomic mass is 10.1. The average molecular weight is 638 g/mol. The van der Waals surface area contributed by atoms with Crippen LogP contribution in [-0.4, -0.2) is 110 Å². The molecule has 3 saturated heterocycles. The molecule has 0 radical (unpaired) electrons. The predicted octanol–water partition coefficient (Wildman–Crippen LogP) is -2.15. The van der Waals surface area contributed by atoms with Gasteiger partial charge in [0.05, 0.1) is 25.7 Å². The zero-order valence-corrected chi connectivity index (χ0v) is 23.8. The Morgan fingerprint density at radius 1 is 1.20 bits per heavy atom. The third kappa shape index (κ3) is 6.33. The summed E-state index contributed by atoms with van der Waals surface area (Å²) in [6.45, 7) is -4.67. The third-order valence-corrected chi connectivity index (χ3v) is 9.88. The van der Waals surface area contributed by atoms with Crippen LogP contribution in [0, 0.1) is 5.92 Å². The van der Waals surface area contributed by atoms with Crippen molar-refractivity contribution in [2.75, 3.05) is 13.2 Å². The van der Waals surface area contributed by atoms with Crippen LogP contribution in [0.15, 0.2) is 23.6 Å².